The van der Waals surface area contributed by atoms with Crippen LogP contribution >= 0.6 is 0 Å². The van der Waals surface area contributed by atoms with E-state index in [0.717, 1.165) is 28.2 Å². The number of nitrogens with zero attached hydrogens (tertiary/aromatic N) is 2. The molecule has 0 aliphatic carbocycles. The van der Waals surface area contributed by atoms with Gasteiger partial charge in [-0.2, -0.15) is 4.57 Å². The predicted octanol–water partition coefficient (Wildman–Crippen LogP) is 2.64. The molecule has 0 aliphatic heterocycles. The van der Waals surface area contributed by atoms with Gasteiger partial charge >= 0.3 is 0 Å². The van der Waals surface area contributed by atoms with Gasteiger partial charge in [0.05, 0.1) is 5.56 Å². The summed E-state index contributed by atoms with van der Waals surface area (Å²) >= 11 is 0. The molecule has 0 amide bonds. The topological polar surface area (TPSA) is 16.8 Å². The van der Waals surface area contributed by atoms with E-state index in [-0.39, 0.29) is 5.82 Å². The molecule has 2 aromatic rings. The second-order valence-electron chi connectivity index (χ2n) is 4.39. The molecule has 0 saturated carbocycles. The standard InChI is InChI=1S/C14H16FN2/c1-9-7-12(15)5-6-13(9)14-11(3)16-10(2)8-17(14)4/h5-8H,1-4H3/q+1. The van der Waals surface area contributed by atoms with Crippen molar-refractivity contribution in [3.8, 4) is 11.3 Å². The van der Waals surface area contributed by atoms with E-state index in [1.807, 2.05) is 44.6 Å². The van der Waals surface area contributed by atoms with E-state index in [2.05, 4.69) is 4.98 Å². The Morgan fingerprint density at radius 3 is 2.47 bits per heavy atom. The number of rotatable bonds is 1. The maximum Gasteiger partial charge on any atom is 0.233 e. The van der Waals surface area contributed by atoms with Gasteiger partial charge in [0.2, 0.25) is 5.69 Å². The van der Waals surface area contributed by atoms with Gasteiger partial charge in [0.1, 0.15) is 24.3 Å². The van der Waals surface area contributed by atoms with Crippen molar-refractivity contribution in [2.75, 3.05) is 0 Å². The Morgan fingerprint density at radius 2 is 1.88 bits per heavy atom. The van der Waals surface area contributed by atoms with Gasteiger partial charge < -0.3 is 0 Å². The lowest BCUT2D eigenvalue weighted by Crippen LogP contribution is -2.33. The van der Waals surface area contributed by atoms with Crippen LogP contribution in [-0.2, 0) is 7.05 Å². The molecule has 0 spiro atoms. The fraction of sp³-hybridized carbons (Fsp3) is 0.286. The van der Waals surface area contributed by atoms with Crippen LogP contribution < -0.4 is 4.57 Å². The summed E-state index contributed by atoms with van der Waals surface area (Å²) in [5.41, 5.74) is 4.93. The van der Waals surface area contributed by atoms with E-state index in [9.17, 15) is 4.39 Å². The molecular weight excluding hydrogens is 215 g/mol. The number of aryl methyl sites for hydroxylation is 4. The number of benzene rings is 1. The van der Waals surface area contributed by atoms with Crippen LogP contribution in [0.25, 0.3) is 11.3 Å². The van der Waals surface area contributed by atoms with Crippen molar-refractivity contribution in [3.05, 3.63) is 47.2 Å². The molecule has 2 nitrogen and oxygen atoms in total. The van der Waals surface area contributed by atoms with E-state index < -0.39 is 0 Å². The average molecular weight is 231 g/mol. The highest BCUT2D eigenvalue weighted by Gasteiger charge is 2.17. The van der Waals surface area contributed by atoms with Crippen molar-refractivity contribution in [2.24, 2.45) is 7.05 Å². The third kappa shape index (κ3) is 2.18. The second kappa shape index (κ2) is 4.24. The van der Waals surface area contributed by atoms with Gasteiger partial charge in [0.25, 0.3) is 0 Å². The molecule has 2 rings (SSSR count). The first-order valence-corrected chi connectivity index (χ1v) is 5.59. The normalized spacial score (nSPS) is 10.6. The molecule has 0 saturated heterocycles. The second-order valence-corrected chi connectivity index (χ2v) is 4.39. The van der Waals surface area contributed by atoms with Crippen molar-refractivity contribution in [1.29, 1.82) is 0 Å². The molecule has 1 heterocycles. The van der Waals surface area contributed by atoms with Crippen LogP contribution in [0.4, 0.5) is 4.39 Å². The Balaban J connectivity index is 2.68. The first-order chi connectivity index (χ1) is 7.99. The zero-order valence-electron chi connectivity index (χ0n) is 10.6. The number of aromatic nitrogens is 2. The SMILES string of the molecule is Cc1c[n+](C)c(-c2ccc(F)cc2C)c(C)n1. The van der Waals surface area contributed by atoms with Crippen LogP contribution in [0.15, 0.2) is 24.4 Å². The van der Waals surface area contributed by atoms with E-state index in [4.69, 9.17) is 0 Å². The lowest BCUT2D eigenvalue weighted by molar-refractivity contribution is -0.661. The predicted molar refractivity (Wildman–Crippen MR) is 65.0 cm³/mol. The highest BCUT2D eigenvalue weighted by Crippen LogP contribution is 2.23. The Hall–Kier alpha value is -1.77. The van der Waals surface area contributed by atoms with Gasteiger partial charge in [-0.1, -0.05) is 0 Å². The zero-order chi connectivity index (χ0) is 12.6. The highest BCUT2D eigenvalue weighted by atomic mass is 19.1. The summed E-state index contributed by atoms with van der Waals surface area (Å²) in [6.45, 7) is 5.86. The summed E-state index contributed by atoms with van der Waals surface area (Å²) in [5, 5.41) is 0. The molecule has 0 fully saturated rings. The van der Waals surface area contributed by atoms with Crippen LogP contribution in [0, 0.1) is 26.6 Å². The van der Waals surface area contributed by atoms with E-state index >= 15 is 0 Å². The average Bonchev–Trinajstić information content (AvgIpc) is 2.19. The lowest BCUT2D eigenvalue weighted by Gasteiger charge is -2.07. The van der Waals surface area contributed by atoms with Crippen molar-refractivity contribution in [2.45, 2.75) is 20.8 Å². The van der Waals surface area contributed by atoms with Gasteiger partial charge in [-0.05, 0) is 44.5 Å². The zero-order valence-corrected chi connectivity index (χ0v) is 10.6. The molecule has 0 bridgehead atoms. The minimum Gasteiger partial charge on any atom is -0.245 e. The maximum atomic E-state index is 13.1. The van der Waals surface area contributed by atoms with E-state index in [1.54, 1.807) is 6.07 Å². The summed E-state index contributed by atoms with van der Waals surface area (Å²) in [7, 11) is 1.99. The third-order valence-corrected chi connectivity index (χ3v) is 2.86. The Bertz CT molecular complexity index is 553. The van der Waals surface area contributed by atoms with Crippen LogP contribution in [0.2, 0.25) is 0 Å². The van der Waals surface area contributed by atoms with Crippen LogP contribution in [0.5, 0.6) is 0 Å². The van der Waals surface area contributed by atoms with Gasteiger partial charge in [0.15, 0.2) is 6.20 Å². The molecule has 0 atom stereocenters. The van der Waals surface area contributed by atoms with Crippen molar-refractivity contribution in [3.63, 3.8) is 0 Å². The summed E-state index contributed by atoms with van der Waals surface area (Å²) in [6, 6.07) is 4.85. The molecule has 88 valence electrons. The number of hydrogen-bond acceptors (Lipinski definition) is 1. The minimum atomic E-state index is -0.202. The summed E-state index contributed by atoms with van der Waals surface area (Å²) in [6.07, 6.45) is 1.98. The first kappa shape index (κ1) is 11.7. The fourth-order valence-corrected chi connectivity index (χ4v) is 2.22. The molecule has 3 heteroatoms. The smallest absolute Gasteiger partial charge is 0.233 e. The van der Waals surface area contributed by atoms with Gasteiger partial charge in [-0.3, -0.25) is 0 Å². The largest absolute Gasteiger partial charge is 0.245 e. The van der Waals surface area contributed by atoms with Crippen molar-refractivity contribution in [1.82, 2.24) is 4.98 Å². The summed E-state index contributed by atoms with van der Waals surface area (Å²) in [4.78, 5) is 4.46. The first-order valence-electron chi connectivity index (χ1n) is 5.59. The molecule has 1 aromatic carbocycles. The Morgan fingerprint density at radius 1 is 1.18 bits per heavy atom. The summed E-state index contributed by atoms with van der Waals surface area (Å²) in [5.74, 6) is -0.202. The Labute approximate surface area is 101 Å². The molecule has 0 radical (unpaired) electrons. The Kier molecular flexibility index (Phi) is 2.92. The van der Waals surface area contributed by atoms with E-state index in [0.29, 0.717) is 0 Å². The van der Waals surface area contributed by atoms with Crippen LogP contribution in [0.1, 0.15) is 17.0 Å². The molecular formula is C14H16FN2+. The van der Waals surface area contributed by atoms with Crippen LogP contribution in [0.3, 0.4) is 0 Å². The maximum absolute atomic E-state index is 13.1. The van der Waals surface area contributed by atoms with Crippen molar-refractivity contribution < 1.29 is 8.96 Å². The molecule has 0 N–H and O–H groups in total. The number of halogens is 1. The van der Waals surface area contributed by atoms with Gasteiger partial charge in [0, 0.05) is 0 Å². The molecule has 17 heavy (non-hydrogen) atoms. The van der Waals surface area contributed by atoms with Crippen molar-refractivity contribution >= 4 is 0 Å². The number of hydrogen-bond donors (Lipinski definition) is 0. The highest BCUT2D eigenvalue weighted by molar-refractivity contribution is 5.62. The minimum absolute atomic E-state index is 0.202. The third-order valence-electron chi connectivity index (χ3n) is 2.86. The molecule has 1 aromatic heterocycles. The van der Waals surface area contributed by atoms with Gasteiger partial charge in [-0.15, -0.1) is 0 Å². The van der Waals surface area contributed by atoms with E-state index in [1.165, 1.54) is 6.07 Å². The quantitative estimate of drug-likeness (QED) is 0.689. The molecule has 0 aliphatic rings. The summed E-state index contributed by atoms with van der Waals surface area (Å²) < 4.78 is 15.1. The monoisotopic (exact) mass is 231 g/mol. The fourth-order valence-electron chi connectivity index (χ4n) is 2.22. The van der Waals surface area contributed by atoms with Gasteiger partial charge in [-0.25, -0.2) is 9.37 Å². The lowest BCUT2D eigenvalue weighted by atomic mass is 10.0. The van der Waals surface area contributed by atoms with Crippen LogP contribution in [-0.4, -0.2) is 4.98 Å². The molecule has 0 unspecified atom stereocenters.